The Hall–Kier alpha value is -2.25. The first-order valence-electron chi connectivity index (χ1n) is 9.58. The third-order valence-corrected chi connectivity index (χ3v) is 5.18. The predicted molar refractivity (Wildman–Crippen MR) is 102 cm³/mol. The van der Waals surface area contributed by atoms with Crippen LogP contribution >= 0.6 is 0 Å². The number of piperidine rings is 1. The number of carbonyl (C=O) groups excluding carboxylic acids is 3. The van der Waals surface area contributed by atoms with E-state index in [4.69, 9.17) is 5.73 Å². The lowest BCUT2D eigenvalue weighted by molar-refractivity contribution is -0.136. The molecule has 2 heterocycles. The van der Waals surface area contributed by atoms with Gasteiger partial charge in [-0.25, -0.2) is 0 Å². The summed E-state index contributed by atoms with van der Waals surface area (Å²) in [6.07, 6.45) is 1.60. The largest absolute Gasteiger partial charge is 0.327 e. The summed E-state index contributed by atoms with van der Waals surface area (Å²) in [7, 11) is 0. The summed E-state index contributed by atoms with van der Waals surface area (Å²) in [6.45, 7) is 6.05. The monoisotopic (exact) mass is 372 g/mol. The Morgan fingerprint density at radius 1 is 1.30 bits per heavy atom. The van der Waals surface area contributed by atoms with Crippen molar-refractivity contribution >= 4 is 17.7 Å². The van der Waals surface area contributed by atoms with Gasteiger partial charge in [0, 0.05) is 37.7 Å². The van der Waals surface area contributed by atoms with E-state index >= 15 is 0 Å². The number of nitrogens with two attached hydrogens (primary N) is 1. The van der Waals surface area contributed by atoms with E-state index in [2.05, 4.69) is 24.5 Å². The zero-order chi connectivity index (χ0) is 19.6. The van der Waals surface area contributed by atoms with E-state index in [9.17, 15) is 14.4 Å². The molecule has 1 unspecified atom stereocenters. The van der Waals surface area contributed by atoms with Gasteiger partial charge >= 0.3 is 0 Å². The Morgan fingerprint density at radius 2 is 2.07 bits per heavy atom. The van der Waals surface area contributed by atoms with Crippen molar-refractivity contribution in [1.82, 2.24) is 15.5 Å². The molecular formula is C20H28N4O3. The summed E-state index contributed by atoms with van der Waals surface area (Å²) in [5.41, 5.74) is 8.77. The minimum Gasteiger partial charge on any atom is -0.327 e. The molecule has 1 saturated heterocycles. The van der Waals surface area contributed by atoms with Crippen LogP contribution in [0.5, 0.6) is 0 Å². The van der Waals surface area contributed by atoms with Crippen molar-refractivity contribution in [3.8, 4) is 0 Å². The second kappa shape index (κ2) is 8.19. The molecule has 2 atom stereocenters. The van der Waals surface area contributed by atoms with Crippen molar-refractivity contribution < 1.29 is 14.4 Å². The summed E-state index contributed by atoms with van der Waals surface area (Å²) in [5, 5.41) is 5.71. The van der Waals surface area contributed by atoms with E-state index in [0.717, 1.165) is 17.5 Å². The molecule has 1 aromatic carbocycles. The van der Waals surface area contributed by atoms with Crippen LogP contribution in [0.1, 0.15) is 54.6 Å². The molecule has 7 heteroatoms. The van der Waals surface area contributed by atoms with Gasteiger partial charge in [-0.15, -0.1) is 0 Å². The first-order valence-corrected chi connectivity index (χ1v) is 9.58. The lowest BCUT2D eigenvalue weighted by Gasteiger charge is -2.29. The molecule has 3 rings (SSSR count). The highest BCUT2D eigenvalue weighted by molar-refractivity contribution is 6.05. The van der Waals surface area contributed by atoms with E-state index in [-0.39, 0.29) is 30.2 Å². The number of hydrogen-bond donors (Lipinski definition) is 3. The number of nitrogens with one attached hydrogen (secondary N) is 2. The molecule has 1 fully saturated rings. The summed E-state index contributed by atoms with van der Waals surface area (Å²) >= 11 is 0. The third kappa shape index (κ3) is 4.36. The molecule has 0 aromatic heterocycles. The molecule has 3 amide bonds. The molecule has 1 aromatic rings. The average molecular weight is 372 g/mol. The van der Waals surface area contributed by atoms with Crippen LogP contribution in [0.15, 0.2) is 18.2 Å². The summed E-state index contributed by atoms with van der Waals surface area (Å²) in [4.78, 5) is 37.9. The minimum atomic E-state index is -0.581. The van der Waals surface area contributed by atoms with Crippen LogP contribution in [0.4, 0.5) is 0 Å². The number of imide groups is 1. The van der Waals surface area contributed by atoms with Crippen molar-refractivity contribution in [2.45, 2.75) is 58.3 Å². The molecule has 146 valence electrons. The van der Waals surface area contributed by atoms with E-state index in [0.29, 0.717) is 37.5 Å². The lowest BCUT2D eigenvalue weighted by Crippen LogP contribution is -2.52. The molecule has 27 heavy (non-hydrogen) atoms. The van der Waals surface area contributed by atoms with Crippen LogP contribution in [0.3, 0.4) is 0 Å². The van der Waals surface area contributed by atoms with Crippen LogP contribution in [0, 0.1) is 5.92 Å². The first kappa shape index (κ1) is 19.5. The van der Waals surface area contributed by atoms with Gasteiger partial charge in [0.05, 0.1) is 0 Å². The van der Waals surface area contributed by atoms with Gasteiger partial charge in [0.15, 0.2) is 0 Å². The third-order valence-electron chi connectivity index (χ3n) is 5.18. The van der Waals surface area contributed by atoms with Crippen molar-refractivity contribution in [2.75, 3.05) is 6.54 Å². The van der Waals surface area contributed by atoms with Gasteiger partial charge in [-0.1, -0.05) is 26.0 Å². The van der Waals surface area contributed by atoms with Gasteiger partial charge in [0.2, 0.25) is 11.8 Å². The second-order valence-corrected chi connectivity index (χ2v) is 7.86. The fraction of sp³-hybridized carbons (Fsp3) is 0.550. The highest BCUT2D eigenvalue weighted by Crippen LogP contribution is 2.29. The molecule has 0 aliphatic carbocycles. The maximum Gasteiger partial charge on any atom is 0.255 e. The number of amides is 3. The van der Waals surface area contributed by atoms with Gasteiger partial charge < -0.3 is 16.0 Å². The zero-order valence-corrected chi connectivity index (χ0v) is 16.0. The fourth-order valence-electron chi connectivity index (χ4n) is 3.90. The fourth-order valence-corrected chi connectivity index (χ4v) is 3.90. The van der Waals surface area contributed by atoms with Gasteiger partial charge in [-0.05, 0) is 36.0 Å². The SMILES string of the molecule is CC(C)C[C@H](N)CNCc1cccc2c1CN(C1CCC(=O)NC1=O)C2=O. The van der Waals surface area contributed by atoms with Crippen LogP contribution < -0.4 is 16.4 Å². The quantitative estimate of drug-likeness (QED) is 0.617. The standard InChI is InChI=1S/C20H28N4O3/c1-12(2)8-14(21)10-22-9-13-4-3-5-15-16(13)11-24(20(15)27)17-6-7-18(25)23-19(17)26/h3-5,12,14,17,22H,6-11,21H2,1-2H3,(H,23,25,26)/t14-,17?/m0/s1. The maximum absolute atomic E-state index is 12.8. The smallest absolute Gasteiger partial charge is 0.255 e. The normalized spacial score (nSPS) is 20.8. The Morgan fingerprint density at radius 3 is 2.78 bits per heavy atom. The Labute approximate surface area is 159 Å². The summed E-state index contributed by atoms with van der Waals surface area (Å²) in [5.74, 6) is -0.241. The summed E-state index contributed by atoms with van der Waals surface area (Å²) in [6, 6.07) is 5.19. The number of carbonyl (C=O) groups is 3. The van der Waals surface area contributed by atoms with E-state index in [1.807, 2.05) is 12.1 Å². The topological polar surface area (TPSA) is 105 Å². The Kier molecular flexibility index (Phi) is 5.92. The van der Waals surface area contributed by atoms with Crippen LogP contribution in [-0.4, -0.2) is 41.2 Å². The Balaban J connectivity index is 1.67. The highest BCUT2D eigenvalue weighted by Gasteiger charge is 2.39. The molecule has 0 spiro atoms. The summed E-state index contributed by atoms with van der Waals surface area (Å²) < 4.78 is 0. The van der Waals surface area contributed by atoms with E-state index in [1.165, 1.54) is 0 Å². The molecule has 4 N–H and O–H groups in total. The predicted octanol–water partition coefficient (Wildman–Crippen LogP) is 0.911. The van der Waals surface area contributed by atoms with Crippen molar-refractivity contribution in [1.29, 1.82) is 0 Å². The van der Waals surface area contributed by atoms with Crippen molar-refractivity contribution in [3.63, 3.8) is 0 Å². The maximum atomic E-state index is 12.8. The number of benzene rings is 1. The molecule has 0 saturated carbocycles. The number of nitrogens with zero attached hydrogens (tertiary/aromatic N) is 1. The van der Waals surface area contributed by atoms with Crippen LogP contribution in [0.2, 0.25) is 0 Å². The minimum absolute atomic E-state index is 0.100. The van der Waals surface area contributed by atoms with Gasteiger partial charge in [-0.3, -0.25) is 19.7 Å². The van der Waals surface area contributed by atoms with E-state index in [1.54, 1.807) is 11.0 Å². The molecule has 0 radical (unpaired) electrons. The molecular weight excluding hydrogens is 344 g/mol. The van der Waals surface area contributed by atoms with Gasteiger partial charge in [0.25, 0.3) is 5.91 Å². The number of fused-ring (bicyclic) bond motifs is 1. The Bertz CT molecular complexity index is 747. The van der Waals surface area contributed by atoms with Gasteiger partial charge in [-0.2, -0.15) is 0 Å². The molecule has 7 nitrogen and oxygen atoms in total. The van der Waals surface area contributed by atoms with Crippen molar-refractivity contribution in [2.24, 2.45) is 11.7 Å². The number of rotatable bonds is 7. The molecule has 2 aliphatic heterocycles. The van der Waals surface area contributed by atoms with Crippen LogP contribution in [-0.2, 0) is 22.7 Å². The van der Waals surface area contributed by atoms with E-state index < -0.39 is 6.04 Å². The molecule has 0 bridgehead atoms. The first-order chi connectivity index (χ1) is 12.9. The van der Waals surface area contributed by atoms with Crippen LogP contribution in [0.25, 0.3) is 0 Å². The lowest BCUT2D eigenvalue weighted by atomic mass is 10.0. The number of hydrogen-bond acceptors (Lipinski definition) is 5. The highest BCUT2D eigenvalue weighted by atomic mass is 16.2. The average Bonchev–Trinajstić information content (AvgIpc) is 2.92. The second-order valence-electron chi connectivity index (χ2n) is 7.86. The molecule has 2 aliphatic rings. The van der Waals surface area contributed by atoms with Crippen molar-refractivity contribution in [3.05, 3.63) is 34.9 Å². The zero-order valence-electron chi connectivity index (χ0n) is 16.0. The van der Waals surface area contributed by atoms with Gasteiger partial charge in [0.1, 0.15) is 6.04 Å².